The van der Waals surface area contributed by atoms with Crippen molar-refractivity contribution in [3.63, 3.8) is 0 Å². The molecule has 0 unspecified atom stereocenters. The molecule has 114 valence electrons. The number of fused-ring (bicyclic) bond motifs is 2. The smallest absolute Gasteiger partial charge is 0.224 e. The lowest BCUT2D eigenvalue weighted by atomic mass is 10.1. The number of aryl methyl sites for hydroxylation is 1. The lowest BCUT2D eigenvalue weighted by Gasteiger charge is -2.04. The number of carbonyl (C=O) groups is 1. The molecule has 0 radical (unpaired) electrons. The van der Waals surface area contributed by atoms with Crippen LogP contribution in [0.15, 0.2) is 48.7 Å². The SMILES string of the molecule is O=C(CCc1c[nH]c2ccccc12)Nc1ccc2n[nH]nc2c1. The van der Waals surface area contributed by atoms with Gasteiger partial charge in [0.25, 0.3) is 0 Å². The van der Waals surface area contributed by atoms with Crippen LogP contribution in [0.2, 0.25) is 0 Å². The maximum atomic E-state index is 12.2. The van der Waals surface area contributed by atoms with Gasteiger partial charge in [-0.25, -0.2) is 0 Å². The summed E-state index contributed by atoms with van der Waals surface area (Å²) in [4.78, 5) is 15.4. The van der Waals surface area contributed by atoms with E-state index in [0.717, 1.165) is 27.8 Å². The summed E-state index contributed by atoms with van der Waals surface area (Å²) in [7, 11) is 0. The molecule has 0 atom stereocenters. The van der Waals surface area contributed by atoms with Gasteiger partial charge in [-0.1, -0.05) is 18.2 Å². The highest BCUT2D eigenvalue weighted by Gasteiger charge is 2.08. The highest BCUT2D eigenvalue weighted by molar-refractivity contribution is 5.93. The number of aromatic nitrogens is 4. The summed E-state index contributed by atoms with van der Waals surface area (Å²) in [5.41, 5.74) is 4.50. The Bertz CT molecular complexity index is 985. The van der Waals surface area contributed by atoms with E-state index in [4.69, 9.17) is 0 Å². The van der Waals surface area contributed by atoms with Crippen molar-refractivity contribution < 1.29 is 4.79 Å². The molecule has 0 saturated heterocycles. The summed E-state index contributed by atoms with van der Waals surface area (Å²) in [5.74, 6) is -0.0156. The number of benzene rings is 2. The van der Waals surface area contributed by atoms with Gasteiger partial charge >= 0.3 is 0 Å². The minimum atomic E-state index is -0.0156. The molecule has 2 heterocycles. The number of aromatic amines is 2. The van der Waals surface area contributed by atoms with Crippen molar-refractivity contribution in [2.24, 2.45) is 0 Å². The number of amides is 1. The number of nitrogens with one attached hydrogen (secondary N) is 3. The molecule has 0 aliphatic heterocycles. The van der Waals surface area contributed by atoms with Crippen molar-refractivity contribution in [2.75, 3.05) is 5.32 Å². The topological polar surface area (TPSA) is 86.5 Å². The van der Waals surface area contributed by atoms with Crippen LogP contribution in [0, 0.1) is 0 Å². The first kappa shape index (κ1) is 13.5. The van der Waals surface area contributed by atoms with Gasteiger partial charge in [0.1, 0.15) is 11.0 Å². The Labute approximate surface area is 131 Å². The molecule has 0 bridgehead atoms. The summed E-state index contributed by atoms with van der Waals surface area (Å²) in [5, 5.41) is 14.6. The van der Waals surface area contributed by atoms with Crippen LogP contribution >= 0.6 is 0 Å². The minimum Gasteiger partial charge on any atom is -0.361 e. The number of nitrogens with zero attached hydrogens (tertiary/aromatic N) is 2. The summed E-state index contributed by atoms with van der Waals surface area (Å²) in [6.07, 6.45) is 3.10. The number of para-hydroxylation sites is 1. The molecule has 0 spiro atoms. The van der Waals surface area contributed by atoms with E-state index in [-0.39, 0.29) is 5.91 Å². The summed E-state index contributed by atoms with van der Waals surface area (Å²) >= 11 is 0. The molecule has 3 N–H and O–H groups in total. The lowest BCUT2D eigenvalue weighted by Crippen LogP contribution is -2.12. The molecule has 2 aromatic heterocycles. The van der Waals surface area contributed by atoms with Crippen molar-refractivity contribution >= 4 is 33.5 Å². The predicted molar refractivity (Wildman–Crippen MR) is 89.1 cm³/mol. The van der Waals surface area contributed by atoms with E-state index >= 15 is 0 Å². The van der Waals surface area contributed by atoms with Gasteiger partial charge in [0.2, 0.25) is 5.91 Å². The maximum absolute atomic E-state index is 12.2. The molecular weight excluding hydrogens is 290 g/mol. The van der Waals surface area contributed by atoms with Crippen molar-refractivity contribution in [2.45, 2.75) is 12.8 Å². The average Bonchev–Trinajstić information content (AvgIpc) is 3.19. The first-order valence-corrected chi connectivity index (χ1v) is 7.45. The van der Waals surface area contributed by atoms with Crippen LogP contribution in [0.3, 0.4) is 0 Å². The second-order valence-electron chi connectivity index (χ2n) is 5.43. The fourth-order valence-electron chi connectivity index (χ4n) is 2.73. The highest BCUT2D eigenvalue weighted by atomic mass is 16.1. The molecule has 23 heavy (non-hydrogen) atoms. The van der Waals surface area contributed by atoms with E-state index in [9.17, 15) is 4.79 Å². The molecule has 0 saturated carbocycles. The van der Waals surface area contributed by atoms with Gasteiger partial charge in [-0.3, -0.25) is 4.79 Å². The Morgan fingerprint density at radius 3 is 2.91 bits per heavy atom. The third-order valence-corrected chi connectivity index (χ3v) is 3.90. The van der Waals surface area contributed by atoms with E-state index in [0.29, 0.717) is 12.8 Å². The molecule has 6 heteroatoms. The molecule has 0 fully saturated rings. The lowest BCUT2D eigenvalue weighted by molar-refractivity contribution is -0.116. The standard InChI is InChI=1S/C17H15N5O/c23-17(19-12-6-7-15-16(9-12)21-22-20-15)8-5-11-10-18-14-4-2-1-3-13(11)14/h1-4,6-7,9-10,18H,5,8H2,(H,19,23)(H,20,21,22). The number of hydrogen-bond acceptors (Lipinski definition) is 3. The van der Waals surface area contributed by atoms with Crippen LogP contribution in [-0.4, -0.2) is 26.3 Å². The van der Waals surface area contributed by atoms with E-state index in [1.807, 2.05) is 42.6 Å². The second kappa shape index (κ2) is 5.57. The first-order valence-electron chi connectivity index (χ1n) is 7.45. The third-order valence-electron chi connectivity index (χ3n) is 3.90. The van der Waals surface area contributed by atoms with Crippen LogP contribution in [0.5, 0.6) is 0 Å². The fourth-order valence-corrected chi connectivity index (χ4v) is 2.73. The van der Waals surface area contributed by atoms with Crippen molar-refractivity contribution in [3.05, 3.63) is 54.2 Å². The van der Waals surface area contributed by atoms with Crippen LogP contribution in [0.4, 0.5) is 5.69 Å². The number of hydrogen-bond donors (Lipinski definition) is 3. The normalized spacial score (nSPS) is 11.1. The highest BCUT2D eigenvalue weighted by Crippen LogP contribution is 2.20. The average molecular weight is 305 g/mol. The zero-order valence-corrected chi connectivity index (χ0v) is 12.3. The van der Waals surface area contributed by atoms with Crippen molar-refractivity contribution in [1.29, 1.82) is 0 Å². The van der Waals surface area contributed by atoms with Gasteiger partial charge in [0.15, 0.2) is 0 Å². The van der Waals surface area contributed by atoms with Crippen molar-refractivity contribution in [3.8, 4) is 0 Å². The van der Waals surface area contributed by atoms with Gasteiger partial charge in [-0.2, -0.15) is 15.4 Å². The summed E-state index contributed by atoms with van der Waals surface area (Å²) in [6, 6.07) is 13.6. The Kier molecular flexibility index (Phi) is 3.27. The van der Waals surface area contributed by atoms with Gasteiger partial charge in [0, 0.05) is 29.2 Å². The molecule has 6 nitrogen and oxygen atoms in total. The fraction of sp³-hybridized carbons (Fsp3) is 0.118. The maximum Gasteiger partial charge on any atom is 0.224 e. The van der Waals surface area contributed by atoms with Crippen LogP contribution in [-0.2, 0) is 11.2 Å². The molecule has 4 rings (SSSR count). The Morgan fingerprint density at radius 1 is 1.09 bits per heavy atom. The Hall–Kier alpha value is -3.15. The van der Waals surface area contributed by atoms with Crippen LogP contribution in [0.1, 0.15) is 12.0 Å². The van der Waals surface area contributed by atoms with Crippen LogP contribution < -0.4 is 5.32 Å². The predicted octanol–water partition coefficient (Wildman–Crippen LogP) is 3.01. The Morgan fingerprint density at radius 2 is 1.96 bits per heavy atom. The number of H-pyrrole nitrogens is 2. The number of anilines is 1. The second-order valence-corrected chi connectivity index (χ2v) is 5.43. The van der Waals surface area contributed by atoms with E-state index in [1.54, 1.807) is 0 Å². The molecule has 2 aromatic carbocycles. The monoisotopic (exact) mass is 305 g/mol. The number of carbonyl (C=O) groups excluding carboxylic acids is 1. The van der Waals surface area contributed by atoms with Gasteiger partial charge in [-0.15, -0.1) is 0 Å². The molecule has 4 aromatic rings. The van der Waals surface area contributed by atoms with E-state index in [1.165, 1.54) is 5.39 Å². The molecule has 0 aliphatic carbocycles. The van der Waals surface area contributed by atoms with Gasteiger partial charge in [0.05, 0.1) is 0 Å². The van der Waals surface area contributed by atoms with Crippen LogP contribution in [0.25, 0.3) is 21.9 Å². The molecule has 1 amide bonds. The van der Waals surface area contributed by atoms with Crippen molar-refractivity contribution in [1.82, 2.24) is 20.4 Å². The molecule has 0 aliphatic rings. The first-order chi connectivity index (χ1) is 11.3. The zero-order chi connectivity index (χ0) is 15.6. The number of rotatable bonds is 4. The largest absolute Gasteiger partial charge is 0.361 e. The van der Waals surface area contributed by atoms with Gasteiger partial charge < -0.3 is 10.3 Å². The zero-order valence-electron chi connectivity index (χ0n) is 12.3. The summed E-state index contributed by atoms with van der Waals surface area (Å²) in [6.45, 7) is 0. The third kappa shape index (κ3) is 2.66. The molecular formula is C17H15N5O. The quantitative estimate of drug-likeness (QED) is 0.541. The Balaban J connectivity index is 1.43. The summed E-state index contributed by atoms with van der Waals surface area (Å²) < 4.78 is 0. The minimum absolute atomic E-state index is 0.0156. The van der Waals surface area contributed by atoms with E-state index < -0.39 is 0 Å². The van der Waals surface area contributed by atoms with E-state index in [2.05, 4.69) is 31.8 Å². The van der Waals surface area contributed by atoms with Gasteiger partial charge in [-0.05, 0) is 36.2 Å².